The molecule has 7 nitrogen and oxygen atoms in total. The number of hydrogen-bond acceptors (Lipinski definition) is 5. The molecule has 1 aromatic carbocycles. The van der Waals surface area contributed by atoms with Crippen LogP contribution in [0.25, 0.3) is 0 Å². The molecule has 2 rings (SSSR count). The van der Waals surface area contributed by atoms with Gasteiger partial charge in [-0.3, -0.25) is 14.4 Å². The minimum atomic E-state index is -0.391. The van der Waals surface area contributed by atoms with E-state index >= 15 is 0 Å². The summed E-state index contributed by atoms with van der Waals surface area (Å²) in [5, 5.41) is 0. The van der Waals surface area contributed by atoms with Crippen molar-refractivity contribution in [2.75, 3.05) is 39.9 Å². The molecule has 0 aromatic heterocycles. The Balaban J connectivity index is 1.77. The number of benzene rings is 1. The van der Waals surface area contributed by atoms with Crippen LogP contribution in [0.15, 0.2) is 24.3 Å². The predicted octanol–water partition coefficient (Wildman–Crippen LogP) is 1.39. The molecule has 1 fully saturated rings. The van der Waals surface area contributed by atoms with Crippen LogP contribution >= 0.6 is 0 Å². The van der Waals surface area contributed by atoms with Crippen molar-refractivity contribution in [1.29, 1.82) is 0 Å². The standard InChI is InChI=1S/C19H26N2O5/c1-15-4-6-16(7-5-15)26-14-18(23)21-11-3-10-20(12-13-21)17(22)8-9-19(24)25-2/h4-7H,3,8-14H2,1-2H3. The average Bonchev–Trinajstić information content (AvgIpc) is 2.91. The second kappa shape index (κ2) is 9.79. The lowest BCUT2D eigenvalue weighted by Crippen LogP contribution is -2.39. The van der Waals surface area contributed by atoms with Gasteiger partial charge in [-0.05, 0) is 25.5 Å². The van der Waals surface area contributed by atoms with Crippen LogP contribution in [0, 0.1) is 6.92 Å². The lowest BCUT2D eigenvalue weighted by atomic mass is 10.2. The Bertz CT molecular complexity index is 629. The lowest BCUT2D eigenvalue weighted by Gasteiger charge is -2.22. The Kier molecular flexibility index (Phi) is 7.44. The Morgan fingerprint density at radius 2 is 1.54 bits per heavy atom. The number of methoxy groups -OCH3 is 1. The highest BCUT2D eigenvalue weighted by atomic mass is 16.5. The van der Waals surface area contributed by atoms with Gasteiger partial charge in [-0.2, -0.15) is 0 Å². The quantitative estimate of drug-likeness (QED) is 0.715. The predicted molar refractivity (Wildman–Crippen MR) is 95.7 cm³/mol. The van der Waals surface area contributed by atoms with Crippen molar-refractivity contribution in [2.24, 2.45) is 0 Å². The average molecular weight is 362 g/mol. The van der Waals surface area contributed by atoms with Gasteiger partial charge < -0.3 is 19.3 Å². The summed E-state index contributed by atoms with van der Waals surface area (Å²) < 4.78 is 10.1. The SMILES string of the molecule is COC(=O)CCC(=O)N1CCCN(C(=O)COc2ccc(C)cc2)CC1. The molecular formula is C19H26N2O5. The second-order valence-electron chi connectivity index (χ2n) is 6.29. The van der Waals surface area contributed by atoms with E-state index in [0.717, 1.165) is 5.56 Å². The number of ether oxygens (including phenoxy) is 2. The van der Waals surface area contributed by atoms with Crippen LogP contribution in [0.1, 0.15) is 24.8 Å². The number of hydrogen-bond donors (Lipinski definition) is 0. The van der Waals surface area contributed by atoms with Crippen molar-refractivity contribution < 1.29 is 23.9 Å². The van der Waals surface area contributed by atoms with Gasteiger partial charge in [-0.25, -0.2) is 0 Å². The van der Waals surface area contributed by atoms with E-state index in [0.29, 0.717) is 38.3 Å². The highest BCUT2D eigenvalue weighted by Crippen LogP contribution is 2.12. The highest BCUT2D eigenvalue weighted by molar-refractivity contribution is 5.81. The molecule has 7 heteroatoms. The normalized spacial score (nSPS) is 14.5. The number of esters is 1. The fourth-order valence-electron chi connectivity index (χ4n) is 2.76. The molecule has 0 spiro atoms. The van der Waals surface area contributed by atoms with Gasteiger partial charge in [0.2, 0.25) is 5.91 Å². The summed E-state index contributed by atoms with van der Waals surface area (Å²) in [7, 11) is 1.31. The molecule has 142 valence electrons. The van der Waals surface area contributed by atoms with E-state index in [4.69, 9.17) is 4.74 Å². The van der Waals surface area contributed by atoms with Gasteiger partial charge in [0.25, 0.3) is 5.91 Å². The maximum absolute atomic E-state index is 12.4. The molecule has 0 unspecified atom stereocenters. The smallest absolute Gasteiger partial charge is 0.306 e. The molecule has 1 heterocycles. The third kappa shape index (κ3) is 6.06. The number of carbonyl (C=O) groups is 3. The third-order valence-corrected chi connectivity index (χ3v) is 4.36. The summed E-state index contributed by atoms with van der Waals surface area (Å²) in [4.78, 5) is 39.1. The number of rotatable bonds is 6. The minimum Gasteiger partial charge on any atom is -0.484 e. The molecule has 0 radical (unpaired) electrons. The molecule has 0 atom stereocenters. The Hall–Kier alpha value is -2.57. The zero-order valence-corrected chi connectivity index (χ0v) is 15.4. The molecule has 0 bridgehead atoms. The summed E-state index contributed by atoms with van der Waals surface area (Å²) in [5.74, 6) is 0.103. The second-order valence-corrected chi connectivity index (χ2v) is 6.29. The first kappa shape index (κ1) is 19.8. The molecule has 1 saturated heterocycles. The van der Waals surface area contributed by atoms with Gasteiger partial charge in [0.1, 0.15) is 5.75 Å². The molecule has 0 N–H and O–H groups in total. The van der Waals surface area contributed by atoms with Crippen molar-refractivity contribution in [3.63, 3.8) is 0 Å². The summed E-state index contributed by atoms with van der Waals surface area (Å²) >= 11 is 0. The molecule has 1 aliphatic rings. The fraction of sp³-hybridized carbons (Fsp3) is 0.526. The van der Waals surface area contributed by atoms with Gasteiger partial charge in [0.05, 0.1) is 13.5 Å². The fourth-order valence-corrected chi connectivity index (χ4v) is 2.76. The molecule has 1 aromatic rings. The minimum absolute atomic E-state index is 0.0145. The van der Waals surface area contributed by atoms with E-state index in [9.17, 15) is 14.4 Å². The maximum Gasteiger partial charge on any atom is 0.306 e. The molecular weight excluding hydrogens is 336 g/mol. The third-order valence-electron chi connectivity index (χ3n) is 4.36. The Morgan fingerprint density at radius 1 is 0.923 bits per heavy atom. The molecule has 1 aliphatic heterocycles. The van der Waals surface area contributed by atoms with E-state index in [1.807, 2.05) is 31.2 Å². The van der Waals surface area contributed by atoms with E-state index in [1.165, 1.54) is 7.11 Å². The monoisotopic (exact) mass is 362 g/mol. The van der Waals surface area contributed by atoms with Crippen LogP contribution < -0.4 is 4.74 Å². The van der Waals surface area contributed by atoms with Crippen LogP contribution in [0.4, 0.5) is 0 Å². The number of carbonyl (C=O) groups excluding carboxylic acids is 3. The number of nitrogens with zero attached hydrogens (tertiary/aromatic N) is 2. The maximum atomic E-state index is 12.4. The molecule has 26 heavy (non-hydrogen) atoms. The van der Waals surface area contributed by atoms with Crippen molar-refractivity contribution in [1.82, 2.24) is 9.80 Å². The first-order chi connectivity index (χ1) is 12.5. The van der Waals surface area contributed by atoms with Crippen LogP contribution in [0.2, 0.25) is 0 Å². The van der Waals surface area contributed by atoms with E-state index < -0.39 is 5.97 Å². The van der Waals surface area contributed by atoms with Crippen molar-refractivity contribution in [2.45, 2.75) is 26.2 Å². The first-order valence-corrected chi connectivity index (χ1v) is 8.81. The Morgan fingerprint density at radius 3 is 2.15 bits per heavy atom. The van der Waals surface area contributed by atoms with Crippen LogP contribution in [-0.2, 0) is 19.1 Å². The van der Waals surface area contributed by atoms with Crippen LogP contribution in [0.3, 0.4) is 0 Å². The van der Waals surface area contributed by atoms with Gasteiger partial charge in [0.15, 0.2) is 6.61 Å². The summed E-state index contributed by atoms with van der Waals surface area (Å²) in [6, 6.07) is 7.55. The van der Waals surface area contributed by atoms with E-state index in [2.05, 4.69) is 4.74 Å². The largest absolute Gasteiger partial charge is 0.484 e. The van der Waals surface area contributed by atoms with Crippen molar-refractivity contribution >= 4 is 17.8 Å². The van der Waals surface area contributed by atoms with E-state index in [1.54, 1.807) is 9.80 Å². The highest BCUT2D eigenvalue weighted by Gasteiger charge is 2.22. The van der Waals surface area contributed by atoms with Crippen molar-refractivity contribution in [3.05, 3.63) is 29.8 Å². The zero-order chi connectivity index (χ0) is 18.9. The van der Waals surface area contributed by atoms with Gasteiger partial charge >= 0.3 is 5.97 Å². The zero-order valence-electron chi connectivity index (χ0n) is 15.4. The van der Waals surface area contributed by atoms with Crippen molar-refractivity contribution in [3.8, 4) is 5.75 Å². The van der Waals surface area contributed by atoms with Gasteiger partial charge in [-0.1, -0.05) is 17.7 Å². The number of aryl methyl sites for hydroxylation is 1. The summed E-state index contributed by atoms with van der Waals surface area (Å²) in [6.07, 6.45) is 0.927. The van der Waals surface area contributed by atoms with Crippen LogP contribution in [0.5, 0.6) is 5.75 Å². The topological polar surface area (TPSA) is 76.2 Å². The first-order valence-electron chi connectivity index (χ1n) is 8.81. The van der Waals surface area contributed by atoms with Gasteiger partial charge in [0, 0.05) is 32.6 Å². The molecule has 0 aliphatic carbocycles. The molecule has 0 saturated carbocycles. The summed E-state index contributed by atoms with van der Waals surface area (Å²) in [5.41, 5.74) is 1.13. The lowest BCUT2D eigenvalue weighted by molar-refractivity contribution is -0.143. The number of amides is 2. The van der Waals surface area contributed by atoms with E-state index in [-0.39, 0.29) is 31.3 Å². The molecule has 2 amide bonds. The van der Waals surface area contributed by atoms with Crippen LogP contribution in [-0.4, -0.2) is 67.5 Å². The summed E-state index contributed by atoms with van der Waals surface area (Å²) in [6.45, 7) is 4.10. The Labute approximate surface area is 153 Å². The van der Waals surface area contributed by atoms with Gasteiger partial charge in [-0.15, -0.1) is 0 Å².